The van der Waals surface area contributed by atoms with Gasteiger partial charge in [0.15, 0.2) is 0 Å². The molecule has 2 heteroatoms. The third-order valence-corrected chi connectivity index (χ3v) is 1.70. The Hall–Kier alpha value is 0.180. The monoisotopic (exact) mass is 178 g/mol. The van der Waals surface area contributed by atoms with Crippen LogP contribution in [-0.2, 0) is 0 Å². The van der Waals surface area contributed by atoms with E-state index in [-0.39, 0.29) is 6.61 Å². The molecular formula is C6H11BrO. The van der Waals surface area contributed by atoms with Crippen LogP contribution in [0.4, 0.5) is 0 Å². The highest BCUT2D eigenvalue weighted by atomic mass is 79.9. The maximum Gasteiger partial charge on any atom is 0.0434 e. The number of hydrogen-bond donors (Lipinski definition) is 1. The van der Waals surface area contributed by atoms with Crippen molar-refractivity contribution in [3.8, 4) is 0 Å². The van der Waals surface area contributed by atoms with Crippen LogP contribution in [0, 0.1) is 0 Å². The Morgan fingerprint density at radius 1 is 1.75 bits per heavy atom. The molecule has 8 heavy (non-hydrogen) atoms. The van der Waals surface area contributed by atoms with Gasteiger partial charge in [0.25, 0.3) is 0 Å². The lowest BCUT2D eigenvalue weighted by Gasteiger charge is -1.93. The largest absolute Gasteiger partial charge is 0.396 e. The van der Waals surface area contributed by atoms with Crippen LogP contribution in [0.2, 0.25) is 0 Å². The molecule has 0 aliphatic carbocycles. The minimum atomic E-state index is 0.290. The van der Waals surface area contributed by atoms with Crippen molar-refractivity contribution in [3.63, 3.8) is 0 Å². The highest BCUT2D eigenvalue weighted by molar-refractivity contribution is 9.11. The Morgan fingerprint density at radius 3 is 2.75 bits per heavy atom. The number of hydrogen-bond acceptors (Lipinski definition) is 1. The van der Waals surface area contributed by atoms with Crippen molar-refractivity contribution < 1.29 is 5.11 Å². The van der Waals surface area contributed by atoms with Crippen molar-refractivity contribution in [1.82, 2.24) is 0 Å². The van der Waals surface area contributed by atoms with Crippen molar-refractivity contribution >= 4 is 15.9 Å². The summed E-state index contributed by atoms with van der Waals surface area (Å²) in [6, 6.07) is 0. The van der Waals surface area contributed by atoms with Gasteiger partial charge in [-0.25, -0.2) is 0 Å². The second-order valence-electron chi connectivity index (χ2n) is 1.78. The first kappa shape index (κ1) is 8.18. The van der Waals surface area contributed by atoms with Crippen LogP contribution >= 0.6 is 15.9 Å². The molecule has 0 aliphatic heterocycles. The van der Waals surface area contributed by atoms with Gasteiger partial charge in [-0.05, 0) is 24.8 Å². The van der Waals surface area contributed by atoms with Gasteiger partial charge in [0.2, 0.25) is 0 Å². The van der Waals surface area contributed by atoms with Crippen LogP contribution < -0.4 is 0 Å². The maximum absolute atomic E-state index is 8.37. The summed E-state index contributed by atoms with van der Waals surface area (Å²) in [4.78, 5) is 1.89. The smallest absolute Gasteiger partial charge is 0.0434 e. The van der Waals surface area contributed by atoms with Crippen LogP contribution in [0.25, 0.3) is 0 Å². The van der Waals surface area contributed by atoms with E-state index in [9.17, 15) is 0 Å². The molecule has 0 radical (unpaired) electrons. The van der Waals surface area contributed by atoms with E-state index in [2.05, 4.69) is 15.9 Å². The lowest BCUT2D eigenvalue weighted by atomic mass is 10.2. The average Bonchev–Trinajstić information content (AvgIpc) is 1.83. The molecule has 0 unspecified atom stereocenters. The highest BCUT2D eigenvalue weighted by Gasteiger charge is 1.85. The van der Waals surface area contributed by atoms with E-state index in [1.807, 2.05) is 11.9 Å². The van der Waals surface area contributed by atoms with Crippen LogP contribution in [0.5, 0.6) is 0 Å². The standard InChI is InChI=1S/C6H11BrO/c1-6(5-7)3-2-4-8/h5,8H,2-4H2,1H3/b6-5+. The summed E-state index contributed by atoms with van der Waals surface area (Å²) in [5.41, 5.74) is 1.28. The highest BCUT2D eigenvalue weighted by Crippen LogP contribution is 2.04. The second kappa shape index (κ2) is 5.32. The summed E-state index contributed by atoms with van der Waals surface area (Å²) >= 11 is 3.20. The molecule has 0 aliphatic rings. The quantitative estimate of drug-likeness (QED) is 0.702. The molecule has 0 aromatic rings. The minimum absolute atomic E-state index is 0.290. The van der Waals surface area contributed by atoms with Crippen LogP contribution in [0.1, 0.15) is 19.8 Å². The Labute approximate surface area is 58.5 Å². The third kappa shape index (κ3) is 4.34. The van der Waals surface area contributed by atoms with Gasteiger partial charge >= 0.3 is 0 Å². The van der Waals surface area contributed by atoms with Gasteiger partial charge in [-0.2, -0.15) is 0 Å². The second-order valence-corrected chi connectivity index (χ2v) is 2.24. The summed E-state index contributed by atoms with van der Waals surface area (Å²) in [7, 11) is 0. The first-order valence-corrected chi connectivity index (χ1v) is 3.59. The Balaban J connectivity index is 3.12. The SMILES string of the molecule is C/C(=C\Br)CCCO. The fourth-order valence-electron chi connectivity index (χ4n) is 0.412. The summed E-state index contributed by atoms with van der Waals surface area (Å²) in [6.45, 7) is 2.32. The van der Waals surface area contributed by atoms with E-state index < -0.39 is 0 Å². The molecule has 0 bridgehead atoms. The molecule has 0 amide bonds. The molecule has 0 atom stereocenters. The first-order chi connectivity index (χ1) is 3.81. The summed E-state index contributed by atoms with van der Waals surface area (Å²) in [5, 5.41) is 8.37. The third-order valence-electron chi connectivity index (χ3n) is 0.915. The van der Waals surface area contributed by atoms with Crippen molar-refractivity contribution in [1.29, 1.82) is 0 Å². The summed E-state index contributed by atoms with van der Waals surface area (Å²) in [5.74, 6) is 0. The van der Waals surface area contributed by atoms with E-state index in [0.29, 0.717) is 0 Å². The lowest BCUT2D eigenvalue weighted by Crippen LogP contribution is -1.82. The van der Waals surface area contributed by atoms with Crippen molar-refractivity contribution in [2.75, 3.05) is 6.61 Å². The van der Waals surface area contributed by atoms with E-state index in [1.54, 1.807) is 0 Å². The van der Waals surface area contributed by atoms with Gasteiger partial charge in [0, 0.05) is 6.61 Å². The van der Waals surface area contributed by atoms with Gasteiger partial charge in [-0.1, -0.05) is 21.5 Å². The zero-order valence-electron chi connectivity index (χ0n) is 5.02. The van der Waals surface area contributed by atoms with Crippen molar-refractivity contribution in [3.05, 3.63) is 10.6 Å². The molecule has 0 fully saturated rings. The normalized spacial score (nSPS) is 12.1. The number of halogens is 1. The van der Waals surface area contributed by atoms with Crippen molar-refractivity contribution in [2.45, 2.75) is 19.8 Å². The Bertz CT molecular complexity index is 78.6. The maximum atomic E-state index is 8.37. The predicted octanol–water partition coefficient (Wildman–Crippen LogP) is 2.06. The molecule has 1 N–H and O–H groups in total. The van der Waals surface area contributed by atoms with Crippen molar-refractivity contribution in [2.24, 2.45) is 0 Å². The predicted molar refractivity (Wildman–Crippen MR) is 39.0 cm³/mol. The molecule has 0 spiro atoms. The molecule has 1 nitrogen and oxygen atoms in total. The lowest BCUT2D eigenvalue weighted by molar-refractivity contribution is 0.288. The zero-order chi connectivity index (χ0) is 6.41. The van der Waals surface area contributed by atoms with Crippen LogP contribution in [-0.4, -0.2) is 11.7 Å². The number of aliphatic hydroxyl groups is 1. The Kier molecular flexibility index (Phi) is 5.44. The molecule has 0 saturated heterocycles. The number of allylic oxidation sites excluding steroid dienone is 1. The fraction of sp³-hybridized carbons (Fsp3) is 0.667. The first-order valence-electron chi connectivity index (χ1n) is 2.68. The van der Waals surface area contributed by atoms with E-state index in [0.717, 1.165) is 12.8 Å². The number of rotatable bonds is 3. The zero-order valence-corrected chi connectivity index (χ0v) is 6.61. The molecule has 0 saturated carbocycles. The molecular weight excluding hydrogens is 168 g/mol. The van der Waals surface area contributed by atoms with E-state index in [4.69, 9.17) is 5.11 Å². The molecule has 0 aromatic carbocycles. The van der Waals surface area contributed by atoms with Gasteiger partial charge < -0.3 is 5.11 Å². The van der Waals surface area contributed by atoms with E-state index in [1.165, 1.54) is 5.57 Å². The average molecular weight is 179 g/mol. The van der Waals surface area contributed by atoms with Crippen LogP contribution in [0.3, 0.4) is 0 Å². The van der Waals surface area contributed by atoms with Gasteiger partial charge in [-0.15, -0.1) is 0 Å². The minimum Gasteiger partial charge on any atom is -0.396 e. The Morgan fingerprint density at radius 2 is 2.38 bits per heavy atom. The summed E-state index contributed by atoms with van der Waals surface area (Å²) < 4.78 is 0. The summed E-state index contributed by atoms with van der Waals surface area (Å²) in [6.07, 6.45) is 1.86. The topological polar surface area (TPSA) is 20.2 Å². The molecule has 0 heterocycles. The van der Waals surface area contributed by atoms with E-state index >= 15 is 0 Å². The molecule has 0 aromatic heterocycles. The van der Waals surface area contributed by atoms with Gasteiger partial charge in [0.05, 0.1) is 0 Å². The number of aliphatic hydroxyl groups excluding tert-OH is 1. The molecule has 0 rings (SSSR count). The van der Waals surface area contributed by atoms with Crippen LogP contribution in [0.15, 0.2) is 10.6 Å². The van der Waals surface area contributed by atoms with Gasteiger partial charge in [-0.3, -0.25) is 0 Å². The fourth-order valence-corrected chi connectivity index (χ4v) is 0.641. The van der Waals surface area contributed by atoms with Gasteiger partial charge in [0.1, 0.15) is 0 Å². The molecule has 48 valence electrons.